The molecule has 0 saturated heterocycles. The summed E-state index contributed by atoms with van der Waals surface area (Å²) in [5, 5.41) is 1.47. The van der Waals surface area contributed by atoms with Crippen LogP contribution in [0.4, 0.5) is 0 Å². The fraction of sp³-hybridized carbons (Fsp3) is 0.500. The molecule has 5 radical (unpaired) electrons. The van der Waals surface area contributed by atoms with Gasteiger partial charge in [-0.1, -0.05) is 27.7 Å². The third-order valence-electron chi connectivity index (χ3n) is 2.57. The van der Waals surface area contributed by atoms with Crippen LogP contribution >= 0.6 is 11.8 Å². The second-order valence-electron chi connectivity index (χ2n) is 3.03. The molecule has 0 heterocycles. The van der Waals surface area contributed by atoms with E-state index in [1.54, 1.807) is 0 Å². The van der Waals surface area contributed by atoms with Crippen molar-refractivity contribution in [2.24, 2.45) is 0 Å². The molecule has 0 aromatic rings. The van der Waals surface area contributed by atoms with Crippen molar-refractivity contribution in [1.29, 1.82) is 0 Å². The van der Waals surface area contributed by atoms with E-state index < -0.39 is 0 Å². The first-order valence-corrected chi connectivity index (χ1v) is 5.09. The van der Waals surface area contributed by atoms with Crippen LogP contribution in [0.15, 0.2) is 0 Å². The molecule has 1 fully saturated rings. The lowest BCUT2D eigenvalue weighted by Crippen LogP contribution is -2.01. The van der Waals surface area contributed by atoms with Crippen LogP contribution in [0.3, 0.4) is 0 Å². The lowest BCUT2D eigenvalue weighted by Gasteiger charge is -2.15. The van der Waals surface area contributed by atoms with E-state index in [2.05, 4.69) is 34.0 Å². The summed E-state index contributed by atoms with van der Waals surface area (Å²) in [7, 11) is 0. The van der Waals surface area contributed by atoms with Crippen LogP contribution in [0.2, 0.25) is 0 Å². The Morgan fingerprint density at radius 2 is 1.09 bits per heavy atom. The van der Waals surface area contributed by atoms with E-state index in [1.807, 2.05) is 11.8 Å². The smallest absolute Gasteiger partial charge is 0.0445 e. The van der Waals surface area contributed by atoms with Crippen molar-refractivity contribution in [1.82, 2.24) is 0 Å². The van der Waals surface area contributed by atoms with Gasteiger partial charge in [0.15, 0.2) is 0 Å². The number of hydrogen-bond acceptors (Lipinski definition) is 1. The monoisotopic (exact) mass is 167 g/mol. The van der Waals surface area contributed by atoms with Crippen molar-refractivity contribution >= 4 is 11.8 Å². The molecular weight excluding hydrogens is 152 g/mol. The van der Waals surface area contributed by atoms with Gasteiger partial charge in [-0.25, -0.2) is 0 Å². The highest BCUT2D eigenvalue weighted by molar-refractivity contribution is 8.01. The van der Waals surface area contributed by atoms with Crippen LogP contribution in [0.25, 0.3) is 0 Å². The van der Waals surface area contributed by atoms with Gasteiger partial charge in [-0.3, -0.25) is 0 Å². The first kappa shape index (κ1) is 9.44. The standard InChI is InChI=1S/C10H15S/c1-6-7(2)9(4)10(11-5)8(6)3/h1-5H3. The molecule has 0 aliphatic heterocycles. The first-order valence-electron chi connectivity index (χ1n) is 3.86. The minimum Gasteiger partial charge on any atom is -0.156 e. The van der Waals surface area contributed by atoms with Crippen molar-refractivity contribution in [3.8, 4) is 0 Å². The molecule has 0 amide bonds. The fourth-order valence-electron chi connectivity index (χ4n) is 1.49. The van der Waals surface area contributed by atoms with Gasteiger partial charge >= 0.3 is 0 Å². The predicted octanol–water partition coefficient (Wildman–Crippen LogP) is 3.27. The molecule has 0 N–H and O–H groups in total. The van der Waals surface area contributed by atoms with E-state index in [0.29, 0.717) is 0 Å². The Hall–Kier alpha value is 0.350. The van der Waals surface area contributed by atoms with Gasteiger partial charge in [0.2, 0.25) is 0 Å². The van der Waals surface area contributed by atoms with Crippen molar-refractivity contribution in [3.63, 3.8) is 0 Å². The molecule has 0 bridgehead atoms. The Balaban J connectivity index is 2.69. The summed E-state index contributed by atoms with van der Waals surface area (Å²) in [6, 6.07) is 0. The Morgan fingerprint density at radius 3 is 1.27 bits per heavy atom. The zero-order valence-electron chi connectivity index (χ0n) is 7.91. The van der Waals surface area contributed by atoms with Gasteiger partial charge in [0.05, 0.1) is 0 Å². The van der Waals surface area contributed by atoms with Crippen molar-refractivity contribution < 1.29 is 0 Å². The molecule has 0 nitrogen and oxygen atoms in total. The SMILES string of the molecule is CS[C]1[C](C)[C](C)[C](C)[C]1C. The fourth-order valence-corrected chi connectivity index (χ4v) is 2.41. The average Bonchev–Trinajstić information content (AvgIpc) is 2.17. The number of hydrogen-bond donors (Lipinski definition) is 0. The molecule has 0 spiro atoms. The van der Waals surface area contributed by atoms with Crippen LogP contribution in [-0.4, -0.2) is 6.26 Å². The van der Waals surface area contributed by atoms with Gasteiger partial charge in [0.1, 0.15) is 0 Å². The summed E-state index contributed by atoms with van der Waals surface area (Å²) in [6.07, 6.45) is 2.15. The van der Waals surface area contributed by atoms with Crippen molar-refractivity contribution in [3.05, 3.63) is 28.9 Å². The van der Waals surface area contributed by atoms with E-state index in [1.165, 1.54) is 28.9 Å². The van der Waals surface area contributed by atoms with Crippen LogP contribution in [0, 0.1) is 28.9 Å². The highest BCUT2D eigenvalue weighted by Crippen LogP contribution is 2.55. The molecule has 1 aliphatic rings. The van der Waals surface area contributed by atoms with Gasteiger partial charge in [-0.15, -0.1) is 0 Å². The first-order chi connectivity index (χ1) is 5.09. The van der Waals surface area contributed by atoms with Gasteiger partial charge in [-0.05, 0) is 29.9 Å². The summed E-state index contributed by atoms with van der Waals surface area (Å²) in [5.74, 6) is 5.86. The maximum Gasteiger partial charge on any atom is 0.0445 e. The maximum absolute atomic E-state index is 2.21. The van der Waals surface area contributed by atoms with Gasteiger partial charge in [0.25, 0.3) is 0 Å². The molecule has 0 aromatic heterocycles. The third kappa shape index (κ3) is 1.44. The Kier molecular flexibility index (Phi) is 2.90. The average molecular weight is 167 g/mol. The zero-order valence-corrected chi connectivity index (χ0v) is 8.72. The zero-order chi connectivity index (χ0) is 8.59. The molecule has 1 aliphatic carbocycles. The van der Waals surface area contributed by atoms with Gasteiger partial charge in [0, 0.05) is 5.25 Å². The number of thioether (sulfide) groups is 1. The van der Waals surface area contributed by atoms with E-state index in [0.717, 1.165) is 0 Å². The van der Waals surface area contributed by atoms with Crippen molar-refractivity contribution in [2.75, 3.05) is 6.26 Å². The topological polar surface area (TPSA) is 0 Å². The Morgan fingerprint density at radius 1 is 0.727 bits per heavy atom. The molecule has 0 atom stereocenters. The summed E-state index contributed by atoms with van der Waals surface area (Å²) < 4.78 is 0. The Labute approximate surface area is 75.1 Å². The Bertz CT molecular complexity index is 119. The highest BCUT2D eigenvalue weighted by atomic mass is 32.2. The largest absolute Gasteiger partial charge is 0.156 e. The minimum absolute atomic E-state index is 1.46. The summed E-state index contributed by atoms with van der Waals surface area (Å²) in [4.78, 5) is 0. The molecule has 1 heteroatoms. The minimum atomic E-state index is 1.46. The highest BCUT2D eigenvalue weighted by Gasteiger charge is 2.43. The predicted molar refractivity (Wildman–Crippen MR) is 52.4 cm³/mol. The lowest BCUT2D eigenvalue weighted by atomic mass is 9.92. The summed E-state index contributed by atoms with van der Waals surface area (Å²) >= 11 is 1.86. The van der Waals surface area contributed by atoms with Crippen molar-refractivity contribution in [2.45, 2.75) is 27.7 Å². The second-order valence-corrected chi connectivity index (χ2v) is 3.85. The summed E-state index contributed by atoms with van der Waals surface area (Å²) in [6.45, 7) is 8.83. The lowest BCUT2D eigenvalue weighted by molar-refractivity contribution is 0.973. The third-order valence-corrected chi connectivity index (χ3v) is 3.59. The molecule has 1 saturated carbocycles. The van der Waals surface area contributed by atoms with Gasteiger partial charge < -0.3 is 0 Å². The molecule has 1 rings (SSSR count). The molecular formula is C10H15S. The summed E-state index contributed by atoms with van der Waals surface area (Å²) in [5.41, 5.74) is 0. The normalized spacial score (nSPS) is 27.0. The number of rotatable bonds is 1. The van der Waals surface area contributed by atoms with E-state index in [9.17, 15) is 0 Å². The van der Waals surface area contributed by atoms with Crippen LogP contribution in [0.1, 0.15) is 27.7 Å². The molecule has 11 heavy (non-hydrogen) atoms. The van der Waals surface area contributed by atoms with Crippen LogP contribution < -0.4 is 0 Å². The van der Waals surface area contributed by atoms with E-state index in [-0.39, 0.29) is 0 Å². The quantitative estimate of drug-likeness (QED) is 0.577. The molecule has 0 unspecified atom stereocenters. The second kappa shape index (κ2) is 3.38. The van der Waals surface area contributed by atoms with E-state index >= 15 is 0 Å². The van der Waals surface area contributed by atoms with Crippen LogP contribution in [0.5, 0.6) is 0 Å². The van der Waals surface area contributed by atoms with Crippen LogP contribution in [-0.2, 0) is 0 Å². The van der Waals surface area contributed by atoms with E-state index in [4.69, 9.17) is 0 Å². The van der Waals surface area contributed by atoms with Gasteiger partial charge in [-0.2, -0.15) is 11.8 Å². The molecule has 61 valence electrons. The maximum atomic E-state index is 2.21. The molecule has 0 aromatic carbocycles.